The Morgan fingerprint density at radius 3 is 2.55 bits per heavy atom. The Kier molecular flexibility index (Phi) is 5.74. The monoisotopic (exact) mass is 478 g/mol. The van der Waals surface area contributed by atoms with Gasteiger partial charge in [-0.2, -0.15) is 4.98 Å². The second kappa shape index (κ2) is 8.84. The number of urea groups is 1. The molecule has 0 spiro atoms. The van der Waals surface area contributed by atoms with E-state index in [1.807, 2.05) is 55.0 Å². The van der Waals surface area contributed by atoms with Crippen molar-refractivity contribution in [2.75, 3.05) is 11.2 Å². The Balaban J connectivity index is 1.64. The highest BCUT2D eigenvalue weighted by Gasteiger charge is 2.36. The van der Waals surface area contributed by atoms with E-state index in [1.165, 1.54) is 23.5 Å². The first-order valence-electron chi connectivity index (χ1n) is 10.1. The van der Waals surface area contributed by atoms with Gasteiger partial charge in [0.1, 0.15) is 5.82 Å². The van der Waals surface area contributed by atoms with Gasteiger partial charge in [-0.1, -0.05) is 23.4 Å². The molecule has 3 heterocycles. The van der Waals surface area contributed by atoms with Crippen molar-refractivity contribution in [3.63, 3.8) is 0 Å². The summed E-state index contributed by atoms with van der Waals surface area (Å²) >= 11 is 3.14. The summed E-state index contributed by atoms with van der Waals surface area (Å²) in [5.41, 5.74) is 2.75. The minimum Gasteiger partial charge on any atom is -0.334 e. The molecule has 0 aliphatic carbocycles. The highest BCUT2D eigenvalue weighted by Crippen LogP contribution is 2.39. The molecule has 0 fully saturated rings. The highest BCUT2D eigenvalue weighted by molar-refractivity contribution is 7.98. The van der Waals surface area contributed by atoms with Crippen LogP contribution in [0.4, 0.5) is 14.9 Å². The van der Waals surface area contributed by atoms with Gasteiger partial charge in [-0.15, -0.1) is 23.1 Å². The van der Waals surface area contributed by atoms with E-state index in [1.54, 1.807) is 28.8 Å². The van der Waals surface area contributed by atoms with Crippen LogP contribution in [-0.2, 0) is 0 Å². The normalized spacial score (nSPS) is 16.3. The van der Waals surface area contributed by atoms with E-state index in [-0.39, 0.29) is 11.8 Å². The molecule has 0 saturated heterocycles. The molecular formula is C24H19FN4O2S2. The molecule has 33 heavy (non-hydrogen) atoms. The maximum absolute atomic E-state index is 13.6. The summed E-state index contributed by atoms with van der Waals surface area (Å²) in [6.07, 6.45) is 2.00. The number of rotatable bonds is 5. The van der Waals surface area contributed by atoms with Crippen LogP contribution >= 0.6 is 23.1 Å². The van der Waals surface area contributed by atoms with Crippen molar-refractivity contribution in [1.82, 2.24) is 15.5 Å². The number of thioether (sulfide) groups is 1. The van der Waals surface area contributed by atoms with E-state index < -0.39 is 6.04 Å². The Labute approximate surface area is 198 Å². The third kappa shape index (κ3) is 4.05. The van der Waals surface area contributed by atoms with E-state index >= 15 is 0 Å². The molecule has 0 saturated carbocycles. The quantitative estimate of drug-likeness (QED) is 0.338. The van der Waals surface area contributed by atoms with Gasteiger partial charge in [0.05, 0.1) is 22.2 Å². The van der Waals surface area contributed by atoms with Gasteiger partial charge in [0.2, 0.25) is 5.82 Å². The average molecular weight is 479 g/mol. The molecule has 4 aromatic rings. The number of carbonyl (C=O) groups is 1. The molecule has 1 N–H and O–H groups in total. The van der Waals surface area contributed by atoms with Crippen molar-refractivity contribution < 1.29 is 13.7 Å². The SMILES string of the molecule is CSc1ccc(N2C(=O)NC(c3ccc(F)cc3)C(c3nc(-c4cccs4)no3)=C2C)cc1. The summed E-state index contributed by atoms with van der Waals surface area (Å²) in [6, 6.07) is 16.7. The molecule has 2 amide bonds. The number of benzene rings is 2. The molecule has 0 bridgehead atoms. The predicted octanol–water partition coefficient (Wildman–Crippen LogP) is 6.36. The molecule has 1 aliphatic heterocycles. The van der Waals surface area contributed by atoms with Gasteiger partial charge in [-0.3, -0.25) is 4.90 Å². The lowest BCUT2D eigenvalue weighted by atomic mass is 9.94. The van der Waals surface area contributed by atoms with Gasteiger partial charge >= 0.3 is 6.03 Å². The molecule has 1 aliphatic rings. The van der Waals surface area contributed by atoms with Crippen LogP contribution in [0.5, 0.6) is 0 Å². The molecule has 9 heteroatoms. The van der Waals surface area contributed by atoms with Gasteiger partial charge in [-0.05, 0) is 66.6 Å². The third-order valence-electron chi connectivity index (χ3n) is 5.42. The van der Waals surface area contributed by atoms with Gasteiger partial charge in [-0.25, -0.2) is 9.18 Å². The molecule has 0 radical (unpaired) electrons. The molecule has 166 valence electrons. The van der Waals surface area contributed by atoms with Crippen molar-refractivity contribution in [1.29, 1.82) is 0 Å². The lowest BCUT2D eigenvalue weighted by Gasteiger charge is -2.35. The number of halogens is 1. The fourth-order valence-electron chi connectivity index (χ4n) is 3.81. The zero-order valence-electron chi connectivity index (χ0n) is 17.8. The summed E-state index contributed by atoms with van der Waals surface area (Å²) in [4.78, 5) is 21.4. The van der Waals surface area contributed by atoms with Crippen LogP contribution in [0, 0.1) is 5.82 Å². The highest BCUT2D eigenvalue weighted by atomic mass is 32.2. The molecular weight excluding hydrogens is 459 g/mol. The first-order chi connectivity index (χ1) is 16.0. The number of allylic oxidation sites excluding steroid dienone is 1. The van der Waals surface area contributed by atoms with Crippen LogP contribution in [0.2, 0.25) is 0 Å². The number of anilines is 1. The molecule has 1 unspecified atom stereocenters. The average Bonchev–Trinajstić information content (AvgIpc) is 3.52. The van der Waals surface area contributed by atoms with Crippen molar-refractivity contribution in [3.05, 3.63) is 89.0 Å². The van der Waals surface area contributed by atoms with E-state index in [0.29, 0.717) is 28.5 Å². The smallest absolute Gasteiger partial charge is 0.326 e. The minimum atomic E-state index is -0.573. The Hall–Kier alpha value is -3.43. The van der Waals surface area contributed by atoms with E-state index in [2.05, 4.69) is 15.5 Å². The Morgan fingerprint density at radius 1 is 1.12 bits per heavy atom. The van der Waals surface area contributed by atoms with E-state index in [0.717, 1.165) is 15.5 Å². The molecule has 5 rings (SSSR count). The zero-order valence-corrected chi connectivity index (χ0v) is 19.4. The number of nitrogens with one attached hydrogen (secondary N) is 1. The first kappa shape index (κ1) is 21.4. The topological polar surface area (TPSA) is 71.3 Å². The Morgan fingerprint density at radius 2 is 1.88 bits per heavy atom. The fraction of sp³-hybridized carbons (Fsp3) is 0.125. The number of hydrogen-bond donors (Lipinski definition) is 1. The number of hydrogen-bond acceptors (Lipinski definition) is 6. The molecule has 1 atom stereocenters. The second-order valence-electron chi connectivity index (χ2n) is 7.37. The van der Waals surface area contributed by atoms with Gasteiger partial charge in [0, 0.05) is 10.6 Å². The number of amides is 2. The van der Waals surface area contributed by atoms with Gasteiger partial charge in [0.15, 0.2) is 0 Å². The largest absolute Gasteiger partial charge is 0.334 e. The van der Waals surface area contributed by atoms with Crippen molar-refractivity contribution in [3.8, 4) is 10.7 Å². The van der Waals surface area contributed by atoms with Crippen LogP contribution in [0.25, 0.3) is 16.3 Å². The summed E-state index contributed by atoms with van der Waals surface area (Å²) in [5.74, 6) is 0.429. The number of thiophene rings is 1. The third-order valence-corrected chi connectivity index (χ3v) is 7.03. The summed E-state index contributed by atoms with van der Waals surface area (Å²) < 4.78 is 19.2. The lowest BCUT2D eigenvalue weighted by Crippen LogP contribution is -2.46. The summed E-state index contributed by atoms with van der Waals surface area (Å²) in [6.45, 7) is 1.85. The summed E-state index contributed by atoms with van der Waals surface area (Å²) in [5, 5.41) is 9.12. The van der Waals surface area contributed by atoms with Crippen molar-refractivity contribution in [2.45, 2.75) is 17.9 Å². The van der Waals surface area contributed by atoms with Crippen LogP contribution in [-0.4, -0.2) is 22.4 Å². The standard InChI is InChI=1S/C24H19FN4O2S2/c1-14-20(23-27-22(28-31-23)19-4-3-13-33-19)21(15-5-7-16(25)8-6-15)26-24(30)29(14)17-9-11-18(32-2)12-10-17/h3-13,21H,1-2H3,(H,26,30). The number of carbonyl (C=O) groups excluding carboxylic acids is 1. The second-order valence-corrected chi connectivity index (χ2v) is 9.19. The number of nitrogens with zero attached hydrogens (tertiary/aromatic N) is 3. The van der Waals surface area contributed by atoms with Crippen LogP contribution in [0.15, 0.2) is 81.2 Å². The lowest BCUT2D eigenvalue weighted by molar-refractivity contribution is 0.244. The van der Waals surface area contributed by atoms with E-state index in [4.69, 9.17) is 4.52 Å². The molecule has 6 nitrogen and oxygen atoms in total. The van der Waals surface area contributed by atoms with Crippen LogP contribution in [0.1, 0.15) is 24.4 Å². The maximum Gasteiger partial charge on any atom is 0.326 e. The molecule has 2 aromatic heterocycles. The first-order valence-corrected chi connectivity index (χ1v) is 12.2. The fourth-order valence-corrected chi connectivity index (χ4v) is 4.86. The van der Waals surface area contributed by atoms with Crippen molar-refractivity contribution >= 4 is 40.4 Å². The predicted molar refractivity (Wildman–Crippen MR) is 129 cm³/mol. The zero-order chi connectivity index (χ0) is 22.9. The van der Waals surface area contributed by atoms with Gasteiger partial charge in [0.25, 0.3) is 5.89 Å². The summed E-state index contributed by atoms with van der Waals surface area (Å²) in [7, 11) is 0. The van der Waals surface area contributed by atoms with Crippen LogP contribution < -0.4 is 10.2 Å². The number of aromatic nitrogens is 2. The van der Waals surface area contributed by atoms with Crippen LogP contribution in [0.3, 0.4) is 0 Å². The van der Waals surface area contributed by atoms with Crippen molar-refractivity contribution in [2.24, 2.45) is 0 Å². The minimum absolute atomic E-state index is 0.291. The maximum atomic E-state index is 13.6. The Bertz CT molecular complexity index is 1320. The van der Waals surface area contributed by atoms with Gasteiger partial charge < -0.3 is 9.84 Å². The molecule has 2 aromatic carbocycles. The van der Waals surface area contributed by atoms with E-state index in [9.17, 15) is 9.18 Å².